The number of benzene rings is 1. The number of halogens is 2. The number of aromatic nitrogens is 3. The summed E-state index contributed by atoms with van der Waals surface area (Å²) in [6.45, 7) is 1.34. The van der Waals surface area contributed by atoms with E-state index in [0.717, 1.165) is 16.8 Å². The molecule has 0 atom stereocenters. The Morgan fingerprint density at radius 2 is 1.96 bits per heavy atom. The predicted molar refractivity (Wildman–Crippen MR) is 88.3 cm³/mol. The summed E-state index contributed by atoms with van der Waals surface area (Å²) in [5, 5.41) is 5.08. The summed E-state index contributed by atoms with van der Waals surface area (Å²) in [4.78, 5) is 8.38. The summed E-state index contributed by atoms with van der Waals surface area (Å²) in [5.41, 5.74) is 3.59. The SMILES string of the molecule is Fc1ccc(Cl)cc1-c1nn2c(c1-c1ccncc1)C=NCC2. The molecular weight excluding hydrogens is 315 g/mol. The van der Waals surface area contributed by atoms with Crippen LogP contribution >= 0.6 is 11.6 Å². The Hall–Kier alpha value is -2.53. The number of rotatable bonds is 2. The second-order valence-electron chi connectivity index (χ2n) is 5.23. The third-order valence-electron chi connectivity index (χ3n) is 3.80. The summed E-state index contributed by atoms with van der Waals surface area (Å²) >= 11 is 6.05. The van der Waals surface area contributed by atoms with Gasteiger partial charge in [0.15, 0.2) is 0 Å². The van der Waals surface area contributed by atoms with E-state index in [0.29, 0.717) is 29.4 Å². The Labute approximate surface area is 137 Å². The molecule has 3 aromatic rings. The molecule has 3 heterocycles. The zero-order chi connectivity index (χ0) is 15.8. The summed E-state index contributed by atoms with van der Waals surface area (Å²) in [6.07, 6.45) is 5.20. The maximum absolute atomic E-state index is 14.4. The molecule has 1 aliphatic heterocycles. The third kappa shape index (κ3) is 2.43. The average molecular weight is 327 g/mol. The van der Waals surface area contributed by atoms with Crippen LogP contribution < -0.4 is 0 Å². The fraction of sp³-hybridized carbons (Fsp3) is 0.118. The molecule has 2 aromatic heterocycles. The zero-order valence-electron chi connectivity index (χ0n) is 12.1. The molecule has 0 saturated carbocycles. The average Bonchev–Trinajstić information content (AvgIpc) is 2.97. The highest BCUT2D eigenvalue weighted by Crippen LogP contribution is 2.36. The molecule has 6 heteroatoms. The highest BCUT2D eigenvalue weighted by molar-refractivity contribution is 6.30. The summed E-state index contributed by atoms with van der Waals surface area (Å²) in [7, 11) is 0. The lowest BCUT2D eigenvalue weighted by molar-refractivity contribution is 0.608. The topological polar surface area (TPSA) is 43.1 Å². The van der Waals surface area contributed by atoms with Gasteiger partial charge in [-0.25, -0.2) is 4.39 Å². The van der Waals surface area contributed by atoms with Crippen molar-refractivity contribution in [3.05, 3.63) is 59.3 Å². The normalized spacial score (nSPS) is 13.1. The molecule has 114 valence electrons. The molecule has 4 nitrogen and oxygen atoms in total. The predicted octanol–water partition coefficient (Wildman–Crippen LogP) is 3.84. The Morgan fingerprint density at radius 1 is 1.13 bits per heavy atom. The van der Waals surface area contributed by atoms with Gasteiger partial charge in [-0.15, -0.1) is 0 Å². The van der Waals surface area contributed by atoms with Crippen molar-refractivity contribution in [2.45, 2.75) is 6.54 Å². The highest BCUT2D eigenvalue weighted by Gasteiger charge is 2.23. The number of fused-ring (bicyclic) bond motifs is 1. The van der Waals surface area contributed by atoms with Crippen LogP contribution in [0.25, 0.3) is 22.4 Å². The van der Waals surface area contributed by atoms with Crippen molar-refractivity contribution in [2.24, 2.45) is 4.99 Å². The molecule has 0 spiro atoms. The van der Waals surface area contributed by atoms with Gasteiger partial charge in [0.2, 0.25) is 0 Å². The number of aliphatic imine (C=N–C) groups is 1. The number of hydrogen-bond acceptors (Lipinski definition) is 3. The van der Waals surface area contributed by atoms with Gasteiger partial charge in [-0.2, -0.15) is 5.10 Å². The van der Waals surface area contributed by atoms with Crippen LogP contribution in [-0.4, -0.2) is 27.5 Å². The van der Waals surface area contributed by atoms with Crippen LogP contribution in [0, 0.1) is 5.82 Å². The van der Waals surface area contributed by atoms with E-state index in [4.69, 9.17) is 11.6 Å². The minimum atomic E-state index is -0.350. The molecule has 0 saturated heterocycles. The van der Waals surface area contributed by atoms with Crippen molar-refractivity contribution in [3.63, 3.8) is 0 Å². The molecule has 1 aliphatic rings. The third-order valence-corrected chi connectivity index (χ3v) is 4.03. The Kier molecular flexibility index (Phi) is 3.42. The van der Waals surface area contributed by atoms with Crippen molar-refractivity contribution in [2.75, 3.05) is 6.54 Å². The zero-order valence-corrected chi connectivity index (χ0v) is 12.8. The summed E-state index contributed by atoms with van der Waals surface area (Å²) in [6, 6.07) is 8.26. The number of pyridine rings is 1. The molecule has 1 aromatic carbocycles. The lowest BCUT2D eigenvalue weighted by Crippen LogP contribution is -2.12. The van der Waals surface area contributed by atoms with Crippen molar-refractivity contribution in [1.29, 1.82) is 0 Å². The van der Waals surface area contributed by atoms with E-state index in [2.05, 4.69) is 15.1 Å². The first kappa shape index (κ1) is 14.1. The maximum Gasteiger partial charge on any atom is 0.132 e. The number of hydrogen-bond donors (Lipinski definition) is 0. The van der Waals surface area contributed by atoms with Crippen molar-refractivity contribution >= 4 is 17.8 Å². The van der Waals surface area contributed by atoms with Gasteiger partial charge in [0.1, 0.15) is 11.5 Å². The molecule has 0 aliphatic carbocycles. The lowest BCUT2D eigenvalue weighted by Gasteiger charge is -2.09. The van der Waals surface area contributed by atoms with Crippen LogP contribution in [0.4, 0.5) is 4.39 Å². The highest BCUT2D eigenvalue weighted by atomic mass is 35.5. The van der Waals surface area contributed by atoms with Gasteiger partial charge in [-0.05, 0) is 35.9 Å². The van der Waals surface area contributed by atoms with Gasteiger partial charge in [0, 0.05) is 34.8 Å². The van der Waals surface area contributed by atoms with E-state index < -0.39 is 0 Å². The van der Waals surface area contributed by atoms with Crippen LogP contribution in [-0.2, 0) is 6.54 Å². The summed E-state index contributed by atoms with van der Waals surface area (Å²) in [5.74, 6) is -0.350. The van der Waals surface area contributed by atoms with Crippen LogP contribution in [0.15, 0.2) is 47.7 Å². The molecule has 4 rings (SSSR count). The smallest absolute Gasteiger partial charge is 0.132 e. The van der Waals surface area contributed by atoms with Crippen LogP contribution in [0.2, 0.25) is 5.02 Å². The minimum Gasteiger partial charge on any atom is -0.289 e. The second kappa shape index (κ2) is 5.59. The van der Waals surface area contributed by atoms with Crippen LogP contribution in [0.3, 0.4) is 0 Å². The molecule has 0 N–H and O–H groups in total. The Morgan fingerprint density at radius 3 is 2.78 bits per heavy atom. The van der Waals surface area contributed by atoms with Crippen molar-refractivity contribution < 1.29 is 4.39 Å². The van der Waals surface area contributed by atoms with Gasteiger partial charge < -0.3 is 0 Å². The monoisotopic (exact) mass is 326 g/mol. The Bertz CT molecular complexity index is 902. The van der Waals surface area contributed by atoms with Crippen LogP contribution in [0.5, 0.6) is 0 Å². The molecule has 23 heavy (non-hydrogen) atoms. The van der Waals surface area contributed by atoms with Crippen molar-refractivity contribution in [3.8, 4) is 22.4 Å². The van der Waals surface area contributed by atoms with E-state index in [9.17, 15) is 4.39 Å². The maximum atomic E-state index is 14.4. The quantitative estimate of drug-likeness (QED) is 0.718. The molecule has 0 unspecified atom stereocenters. The fourth-order valence-corrected chi connectivity index (χ4v) is 2.92. The first-order valence-electron chi connectivity index (χ1n) is 7.20. The molecular formula is C17H12ClFN4. The van der Waals surface area contributed by atoms with Gasteiger partial charge in [-0.1, -0.05) is 11.6 Å². The minimum absolute atomic E-state index is 0.350. The van der Waals surface area contributed by atoms with E-state index >= 15 is 0 Å². The van der Waals surface area contributed by atoms with E-state index in [1.54, 1.807) is 24.7 Å². The summed E-state index contributed by atoms with van der Waals surface area (Å²) < 4.78 is 16.2. The van der Waals surface area contributed by atoms with Crippen LogP contribution in [0.1, 0.15) is 5.69 Å². The molecule has 0 amide bonds. The fourth-order valence-electron chi connectivity index (χ4n) is 2.75. The van der Waals surface area contributed by atoms with E-state index in [1.807, 2.05) is 16.8 Å². The van der Waals surface area contributed by atoms with E-state index in [1.165, 1.54) is 12.1 Å². The molecule has 0 radical (unpaired) electrons. The largest absolute Gasteiger partial charge is 0.289 e. The van der Waals surface area contributed by atoms with Gasteiger partial charge in [0.25, 0.3) is 0 Å². The Balaban J connectivity index is 2.02. The van der Waals surface area contributed by atoms with Gasteiger partial charge in [0.05, 0.1) is 18.8 Å². The second-order valence-corrected chi connectivity index (χ2v) is 5.66. The molecule has 0 fully saturated rings. The first-order chi connectivity index (χ1) is 11.2. The first-order valence-corrected chi connectivity index (χ1v) is 7.58. The number of nitrogens with zero attached hydrogens (tertiary/aromatic N) is 4. The van der Waals surface area contributed by atoms with E-state index in [-0.39, 0.29) is 5.82 Å². The lowest BCUT2D eigenvalue weighted by atomic mass is 9.99. The van der Waals surface area contributed by atoms with Crippen molar-refractivity contribution in [1.82, 2.24) is 14.8 Å². The van der Waals surface area contributed by atoms with Gasteiger partial charge in [-0.3, -0.25) is 14.7 Å². The van der Waals surface area contributed by atoms with Gasteiger partial charge >= 0.3 is 0 Å². The molecule has 0 bridgehead atoms. The standard InChI is InChI=1S/C17H12ClFN4/c18-12-1-2-14(19)13(9-12)17-16(11-3-5-20-6-4-11)15-10-21-7-8-23(15)22-17/h1-6,9-10H,7-8H2.